The average molecular weight is 575 g/mol. The van der Waals surface area contributed by atoms with E-state index in [1.807, 2.05) is 24.3 Å². The normalized spacial score (nSPS) is 10.4. The van der Waals surface area contributed by atoms with Gasteiger partial charge in [-0.25, -0.2) is 9.59 Å². The van der Waals surface area contributed by atoms with Gasteiger partial charge in [-0.3, -0.25) is 4.79 Å². The van der Waals surface area contributed by atoms with Crippen molar-refractivity contribution < 1.29 is 60.9 Å². The Kier molecular flexibility index (Phi) is 9.24. The van der Waals surface area contributed by atoms with Gasteiger partial charge in [-0.15, -0.1) is 5.56 Å². The maximum Gasteiger partial charge on any atom is 0.410 e. The Morgan fingerprint density at radius 2 is 1.81 bits per heavy atom. The largest absolute Gasteiger partial charge is 0.497 e. The Morgan fingerprint density at radius 3 is 2.51 bits per heavy atom. The number of hydrogen-bond donors (Lipinski definition) is 1. The van der Waals surface area contributed by atoms with Crippen molar-refractivity contribution in [2.75, 3.05) is 21.3 Å². The molecule has 9 heteroatoms. The van der Waals surface area contributed by atoms with E-state index in [1.54, 1.807) is 51.5 Å². The van der Waals surface area contributed by atoms with E-state index in [2.05, 4.69) is 11.4 Å². The summed E-state index contributed by atoms with van der Waals surface area (Å²) in [5.74, 6) is 1.17. The Labute approximate surface area is 238 Å². The van der Waals surface area contributed by atoms with Crippen molar-refractivity contribution in [2.45, 2.75) is 13.3 Å². The van der Waals surface area contributed by atoms with Crippen molar-refractivity contribution >= 4 is 22.8 Å². The summed E-state index contributed by atoms with van der Waals surface area (Å²) < 4.78 is 21.3. The maximum atomic E-state index is 13.2. The van der Waals surface area contributed by atoms with Crippen LogP contribution in [0.3, 0.4) is 0 Å². The molecule has 0 spiro atoms. The van der Waals surface area contributed by atoms with Gasteiger partial charge in [-0.1, -0.05) is 36.6 Å². The van der Waals surface area contributed by atoms with E-state index in [9.17, 15) is 14.4 Å². The van der Waals surface area contributed by atoms with Crippen molar-refractivity contribution in [3.05, 3.63) is 87.8 Å². The van der Waals surface area contributed by atoms with E-state index in [-0.39, 0.29) is 61.8 Å². The van der Waals surface area contributed by atoms with Gasteiger partial charge in [0.2, 0.25) is 0 Å². The standard InChI is InChI=1S/C28H24NO7.Y/c1-16-10-19-11-20(27(31)35-26(19)15-25(16)36-28(32)29-2)14-23(30)18-8-9-24(34-4)22(13-18)17-6-5-7-21(12-17)33-3;/h5-13H,14H2,1-4H3,(H,29,32);/q-1;. The fraction of sp³-hybridized carbons (Fsp3) is 0.179. The number of aryl methyl sites for hydroxylation is 1. The average Bonchev–Trinajstić information content (AvgIpc) is 2.89. The molecular weight excluding hydrogens is 551 g/mol. The number of carbonyl (C=O) groups is 2. The molecule has 3 aromatic carbocycles. The van der Waals surface area contributed by atoms with Crippen molar-refractivity contribution in [3.63, 3.8) is 0 Å². The van der Waals surface area contributed by atoms with Crippen molar-refractivity contribution in [1.29, 1.82) is 0 Å². The molecule has 0 aliphatic carbocycles. The first-order valence-electron chi connectivity index (χ1n) is 11.1. The van der Waals surface area contributed by atoms with Gasteiger partial charge in [0.1, 0.15) is 11.5 Å². The molecule has 1 heterocycles. The van der Waals surface area contributed by atoms with E-state index >= 15 is 0 Å². The van der Waals surface area contributed by atoms with Crippen LogP contribution in [0.1, 0.15) is 21.5 Å². The molecule has 1 aromatic heterocycles. The third kappa shape index (κ3) is 6.27. The number of benzene rings is 3. The van der Waals surface area contributed by atoms with Crippen LogP contribution in [0.5, 0.6) is 17.2 Å². The van der Waals surface area contributed by atoms with E-state index in [0.29, 0.717) is 28.0 Å². The number of carbonyl (C=O) groups excluding carboxylic acids is 2. The van der Waals surface area contributed by atoms with E-state index in [0.717, 1.165) is 11.1 Å². The Hall–Kier alpha value is -3.49. The van der Waals surface area contributed by atoms with Gasteiger partial charge in [0, 0.05) is 74.2 Å². The predicted molar refractivity (Wildman–Crippen MR) is 134 cm³/mol. The summed E-state index contributed by atoms with van der Waals surface area (Å²) in [7, 11) is 4.58. The number of rotatable bonds is 7. The molecule has 187 valence electrons. The zero-order valence-electron chi connectivity index (χ0n) is 20.8. The molecule has 0 saturated heterocycles. The molecular formula is C28H24NO7Y-. The molecule has 0 bridgehead atoms. The maximum absolute atomic E-state index is 13.2. The first-order chi connectivity index (χ1) is 17.3. The SMILES string of the molecule is CNC(=O)Oc1[c-]c2oc(=O)c(CC(=O)c3ccc(OC)c(-c4cccc(OC)c4)c3)cc2cc1C.[Y]. The quantitative estimate of drug-likeness (QED) is 0.193. The zero-order valence-corrected chi connectivity index (χ0v) is 23.7. The topological polar surface area (TPSA) is 104 Å². The van der Waals surface area contributed by atoms with Gasteiger partial charge in [0.25, 0.3) is 0 Å². The molecule has 8 nitrogen and oxygen atoms in total. The summed E-state index contributed by atoms with van der Waals surface area (Å²) >= 11 is 0. The Morgan fingerprint density at radius 1 is 1.03 bits per heavy atom. The molecule has 0 saturated carbocycles. The van der Waals surface area contributed by atoms with Gasteiger partial charge >= 0.3 is 11.7 Å². The van der Waals surface area contributed by atoms with E-state index in [4.69, 9.17) is 18.6 Å². The van der Waals surface area contributed by atoms with Crippen molar-refractivity contribution in [3.8, 4) is 28.4 Å². The monoisotopic (exact) mass is 575 g/mol. The smallest absolute Gasteiger partial charge is 0.410 e. The summed E-state index contributed by atoms with van der Waals surface area (Å²) in [6.07, 6.45) is -0.816. The van der Waals surface area contributed by atoms with Crippen molar-refractivity contribution in [1.82, 2.24) is 5.32 Å². The number of fused-ring (bicyclic) bond motifs is 1. The Balaban J connectivity index is 0.00000380. The summed E-state index contributed by atoms with van der Waals surface area (Å²) in [4.78, 5) is 37.3. The molecule has 1 N–H and O–H groups in total. The number of Topliss-reactive ketones (excluding diaryl/α,β-unsaturated/α-hetero) is 1. The number of amides is 1. The van der Waals surface area contributed by atoms with Crippen LogP contribution >= 0.6 is 0 Å². The van der Waals surface area contributed by atoms with Gasteiger partial charge in [0.05, 0.1) is 14.2 Å². The van der Waals surface area contributed by atoms with Crippen LogP contribution in [0, 0.1) is 13.0 Å². The van der Waals surface area contributed by atoms with Gasteiger partial charge in [0.15, 0.2) is 5.78 Å². The number of nitrogens with one attached hydrogen (secondary N) is 1. The summed E-state index contributed by atoms with van der Waals surface area (Å²) in [6, 6.07) is 18.6. The fourth-order valence-electron chi connectivity index (χ4n) is 3.78. The van der Waals surface area contributed by atoms with Gasteiger partial charge in [-0.2, -0.15) is 6.07 Å². The fourth-order valence-corrected chi connectivity index (χ4v) is 3.78. The van der Waals surface area contributed by atoms with Crippen LogP contribution < -0.4 is 25.2 Å². The molecule has 0 unspecified atom stereocenters. The number of methoxy groups -OCH3 is 2. The van der Waals surface area contributed by atoms with E-state index < -0.39 is 11.7 Å². The minimum absolute atomic E-state index is 0. The number of ketones is 1. The molecule has 4 aromatic rings. The minimum Gasteiger partial charge on any atom is -0.497 e. The van der Waals surface area contributed by atoms with E-state index in [1.165, 1.54) is 7.05 Å². The van der Waals surface area contributed by atoms with Crippen LogP contribution in [0.15, 0.2) is 63.8 Å². The zero-order chi connectivity index (χ0) is 25.8. The van der Waals surface area contributed by atoms with Crippen molar-refractivity contribution in [2.24, 2.45) is 0 Å². The summed E-state index contributed by atoms with van der Waals surface area (Å²) in [5.41, 5.74) is 2.27. The first-order valence-corrected chi connectivity index (χ1v) is 11.1. The van der Waals surface area contributed by atoms with Crippen LogP contribution in [0.4, 0.5) is 4.79 Å². The second-order valence-electron chi connectivity index (χ2n) is 8.01. The third-order valence-electron chi connectivity index (χ3n) is 5.66. The Bertz CT molecular complexity index is 1530. The second kappa shape index (κ2) is 12.2. The molecule has 1 amide bonds. The van der Waals surface area contributed by atoms with Crippen LogP contribution in [-0.2, 0) is 39.1 Å². The predicted octanol–water partition coefficient (Wildman–Crippen LogP) is 4.73. The summed E-state index contributed by atoms with van der Waals surface area (Å²) in [5, 5.41) is 2.91. The molecule has 0 fully saturated rings. The van der Waals surface area contributed by atoms with Crippen LogP contribution in [-0.4, -0.2) is 33.1 Å². The minimum atomic E-state index is -0.664. The molecule has 37 heavy (non-hydrogen) atoms. The first kappa shape index (κ1) is 28.1. The molecule has 4 rings (SSSR count). The number of ether oxygens (including phenoxy) is 3. The molecule has 0 aliphatic rings. The molecule has 0 atom stereocenters. The van der Waals surface area contributed by atoms with Gasteiger partial charge < -0.3 is 23.9 Å². The van der Waals surface area contributed by atoms with Gasteiger partial charge in [-0.05, 0) is 35.9 Å². The molecule has 1 radical (unpaired) electrons. The number of hydrogen-bond acceptors (Lipinski definition) is 7. The second-order valence-corrected chi connectivity index (χ2v) is 8.01. The third-order valence-corrected chi connectivity index (χ3v) is 5.66. The summed E-state index contributed by atoms with van der Waals surface area (Å²) in [6.45, 7) is 1.74. The van der Waals surface area contributed by atoms with Crippen LogP contribution in [0.2, 0.25) is 0 Å². The van der Waals surface area contributed by atoms with Crippen LogP contribution in [0.25, 0.3) is 22.1 Å². The molecule has 0 aliphatic heterocycles.